The van der Waals surface area contributed by atoms with Crippen molar-refractivity contribution in [1.82, 2.24) is 10.2 Å². The molecule has 6 heteroatoms. The van der Waals surface area contributed by atoms with Gasteiger partial charge in [-0.05, 0) is 30.7 Å². The van der Waals surface area contributed by atoms with E-state index in [1.165, 1.54) is 0 Å². The first-order valence-corrected chi connectivity index (χ1v) is 7.63. The van der Waals surface area contributed by atoms with Gasteiger partial charge in [-0.15, -0.1) is 0 Å². The molecule has 2 rings (SSSR count). The minimum Gasteiger partial charge on any atom is -0.384 e. The highest BCUT2D eigenvalue weighted by atomic mass is 35.5. The number of benzene rings is 1. The number of nitrogens with one attached hydrogen (secondary N) is 1. The van der Waals surface area contributed by atoms with E-state index in [4.69, 9.17) is 27.9 Å². The van der Waals surface area contributed by atoms with E-state index in [-0.39, 0.29) is 5.91 Å². The van der Waals surface area contributed by atoms with Crippen LogP contribution in [0.3, 0.4) is 0 Å². The average Bonchev–Trinajstić information content (AvgIpc) is 2.92. The summed E-state index contributed by atoms with van der Waals surface area (Å²) in [7, 11) is 3.44. The van der Waals surface area contributed by atoms with Gasteiger partial charge in [-0.25, -0.2) is 0 Å². The molecule has 0 radical (unpaired) electrons. The molecular weight excluding hydrogens is 311 g/mol. The van der Waals surface area contributed by atoms with Crippen molar-refractivity contribution >= 4 is 29.1 Å². The largest absolute Gasteiger partial charge is 0.384 e. The van der Waals surface area contributed by atoms with Gasteiger partial charge in [-0.1, -0.05) is 29.3 Å². The number of carbonyl (C=O) groups excluding carboxylic acids is 1. The Morgan fingerprint density at radius 1 is 1.43 bits per heavy atom. The minimum absolute atomic E-state index is 0.0976. The van der Waals surface area contributed by atoms with Gasteiger partial charge in [0.05, 0.1) is 22.1 Å². The van der Waals surface area contributed by atoms with Crippen molar-refractivity contribution < 1.29 is 9.53 Å². The first-order chi connectivity index (χ1) is 9.98. The number of hydrogen-bond donors (Lipinski definition) is 1. The molecule has 4 nitrogen and oxygen atoms in total. The Hall–Kier alpha value is -0.810. The van der Waals surface area contributed by atoms with Gasteiger partial charge in [0.1, 0.15) is 0 Å². The fourth-order valence-corrected chi connectivity index (χ4v) is 3.10. The first kappa shape index (κ1) is 16.6. The van der Waals surface area contributed by atoms with Crippen molar-refractivity contribution in [2.24, 2.45) is 5.41 Å². The van der Waals surface area contributed by atoms with Gasteiger partial charge in [0.25, 0.3) is 0 Å². The Labute approximate surface area is 135 Å². The van der Waals surface area contributed by atoms with Crippen LogP contribution >= 0.6 is 23.2 Å². The topological polar surface area (TPSA) is 41.6 Å². The molecular formula is C15H20Cl2N2O2. The molecule has 1 aromatic rings. The highest BCUT2D eigenvalue weighted by Gasteiger charge is 2.42. The molecule has 1 unspecified atom stereocenters. The molecule has 21 heavy (non-hydrogen) atoms. The van der Waals surface area contributed by atoms with E-state index in [9.17, 15) is 4.79 Å². The Balaban J connectivity index is 2.09. The molecule has 1 N–H and O–H groups in total. The Morgan fingerprint density at radius 2 is 2.19 bits per heavy atom. The van der Waals surface area contributed by atoms with E-state index in [1.54, 1.807) is 31.2 Å². The van der Waals surface area contributed by atoms with Crippen LogP contribution < -0.4 is 5.32 Å². The molecule has 0 spiro atoms. The zero-order valence-corrected chi connectivity index (χ0v) is 13.8. The Morgan fingerprint density at radius 3 is 2.76 bits per heavy atom. The molecule has 0 aliphatic carbocycles. The van der Waals surface area contributed by atoms with E-state index < -0.39 is 5.41 Å². The average molecular weight is 331 g/mol. The van der Waals surface area contributed by atoms with E-state index >= 15 is 0 Å². The third-order valence-corrected chi connectivity index (χ3v) is 4.61. The SMILES string of the molecule is COCC1(C(=O)N(C)Cc2ccc(Cl)c(Cl)c2)CCNC1. The van der Waals surface area contributed by atoms with Gasteiger partial charge in [-0.2, -0.15) is 0 Å². The third-order valence-electron chi connectivity index (χ3n) is 3.87. The normalized spacial score (nSPS) is 21.5. The quantitative estimate of drug-likeness (QED) is 0.902. The predicted octanol–water partition coefficient (Wildman–Crippen LogP) is 2.58. The summed E-state index contributed by atoms with van der Waals surface area (Å²) in [5.74, 6) is 0.0976. The summed E-state index contributed by atoms with van der Waals surface area (Å²) in [5, 5.41) is 4.27. The van der Waals surface area contributed by atoms with Crippen LogP contribution in [0.2, 0.25) is 10.0 Å². The maximum absolute atomic E-state index is 12.8. The lowest BCUT2D eigenvalue weighted by Gasteiger charge is -2.31. The number of ether oxygens (including phenoxy) is 1. The number of nitrogens with zero attached hydrogens (tertiary/aromatic N) is 1. The lowest BCUT2D eigenvalue weighted by atomic mass is 9.86. The highest BCUT2D eigenvalue weighted by molar-refractivity contribution is 6.42. The van der Waals surface area contributed by atoms with Gasteiger partial charge in [0, 0.05) is 27.2 Å². The summed E-state index contributed by atoms with van der Waals surface area (Å²) in [6, 6.07) is 5.43. The predicted molar refractivity (Wildman–Crippen MR) is 84.7 cm³/mol. The lowest BCUT2D eigenvalue weighted by molar-refractivity contribution is -0.143. The smallest absolute Gasteiger partial charge is 0.232 e. The molecule has 116 valence electrons. The number of rotatable bonds is 5. The number of methoxy groups -OCH3 is 1. The fraction of sp³-hybridized carbons (Fsp3) is 0.533. The number of carbonyl (C=O) groups is 1. The van der Waals surface area contributed by atoms with Crippen LogP contribution in [-0.2, 0) is 16.1 Å². The van der Waals surface area contributed by atoms with Crippen LogP contribution in [-0.4, -0.2) is 44.7 Å². The van der Waals surface area contributed by atoms with E-state index in [0.29, 0.717) is 29.7 Å². The highest BCUT2D eigenvalue weighted by Crippen LogP contribution is 2.29. The summed E-state index contributed by atoms with van der Waals surface area (Å²) >= 11 is 11.9. The standard InChI is InChI=1S/C15H20Cl2N2O2/c1-19(8-11-3-4-12(16)13(17)7-11)14(20)15(10-21-2)5-6-18-9-15/h3-4,7,18H,5-6,8-10H2,1-2H3. The summed E-state index contributed by atoms with van der Waals surface area (Å²) in [6.45, 7) is 2.44. The molecule has 1 atom stereocenters. The maximum Gasteiger partial charge on any atom is 0.232 e. The van der Waals surface area contributed by atoms with Crippen LogP contribution in [0.4, 0.5) is 0 Å². The van der Waals surface area contributed by atoms with Crippen LogP contribution in [0, 0.1) is 5.41 Å². The zero-order valence-electron chi connectivity index (χ0n) is 12.3. The van der Waals surface area contributed by atoms with Gasteiger partial charge >= 0.3 is 0 Å². The number of hydrogen-bond acceptors (Lipinski definition) is 3. The summed E-state index contributed by atoms with van der Waals surface area (Å²) in [5.41, 5.74) is 0.499. The molecule has 1 aromatic carbocycles. The van der Waals surface area contributed by atoms with Crippen molar-refractivity contribution in [3.05, 3.63) is 33.8 Å². The number of amides is 1. The van der Waals surface area contributed by atoms with Crippen LogP contribution in [0.5, 0.6) is 0 Å². The molecule has 1 aliphatic rings. The molecule has 1 saturated heterocycles. The van der Waals surface area contributed by atoms with Crippen molar-refractivity contribution in [2.75, 3.05) is 33.9 Å². The van der Waals surface area contributed by atoms with E-state index in [0.717, 1.165) is 18.5 Å². The first-order valence-electron chi connectivity index (χ1n) is 6.88. The van der Waals surface area contributed by atoms with Crippen LogP contribution in [0.1, 0.15) is 12.0 Å². The Kier molecular flexibility index (Phi) is 5.49. The van der Waals surface area contributed by atoms with Gasteiger partial charge < -0.3 is 15.0 Å². The van der Waals surface area contributed by atoms with Crippen molar-refractivity contribution in [2.45, 2.75) is 13.0 Å². The van der Waals surface area contributed by atoms with Gasteiger partial charge in [0.2, 0.25) is 5.91 Å². The van der Waals surface area contributed by atoms with Crippen molar-refractivity contribution in [1.29, 1.82) is 0 Å². The fourth-order valence-electron chi connectivity index (χ4n) is 2.78. The molecule has 1 fully saturated rings. The Bertz CT molecular complexity index is 516. The van der Waals surface area contributed by atoms with Crippen molar-refractivity contribution in [3.8, 4) is 0 Å². The second-order valence-electron chi connectivity index (χ2n) is 5.55. The molecule has 0 bridgehead atoms. The zero-order chi connectivity index (χ0) is 15.5. The second kappa shape index (κ2) is 6.97. The number of halogens is 2. The van der Waals surface area contributed by atoms with Crippen LogP contribution in [0.25, 0.3) is 0 Å². The monoisotopic (exact) mass is 330 g/mol. The molecule has 0 aromatic heterocycles. The maximum atomic E-state index is 12.8. The second-order valence-corrected chi connectivity index (χ2v) is 6.36. The van der Waals surface area contributed by atoms with E-state index in [2.05, 4.69) is 5.32 Å². The van der Waals surface area contributed by atoms with E-state index in [1.807, 2.05) is 6.07 Å². The van der Waals surface area contributed by atoms with Gasteiger partial charge in [0.15, 0.2) is 0 Å². The van der Waals surface area contributed by atoms with Gasteiger partial charge in [-0.3, -0.25) is 4.79 Å². The lowest BCUT2D eigenvalue weighted by Crippen LogP contribution is -2.46. The third kappa shape index (κ3) is 3.69. The minimum atomic E-state index is -0.459. The molecule has 1 aliphatic heterocycles. The summed E-state index contributed by atoms with van der Waals surface area (Å²) in [6.07, 6.45) is 0.797. The molecule has 1 amide bonds. The molecule has 1 heterocycles. The summed E-state index contributed by atoms with van der Waals surface area (Å²) < 4.78 is 5.26. The van der Waals surface area contributed by atoms with Crippen molar-refractivity contribution in [3.63, 3.8) is 0 Å². The summed E-state index contributed by atoms with van der Waals surface area (Å²) in [4.78, 5) is 14.5. The van der Waals surface area contributed by atoms with Crippen LogP contribution in [0.15, 0.2) is 18.2 Å². The molecule has 0 saturated carbocycles.